The number of hydrogen-bond acceptors (Lipinski definition) is 5. The van der Waals surface area contributed by atoms with Crippen molar-refractivity contribution in [2.45, 2.75) is 52.9 Å². The highest BCUT2D eigenvalue weighted by Crippen LogP contribution is 2.17. The molecule has 0 aliphatic carbocycles. The van der Waals surface area contributed by atoms with Crippen molar-refractivity contribution >= 4 is 11.9 Å². The average molecular weight is 280 g/mol. The van der Waals surface area contributed by atoms with E-state index < -0.39 is 5.97 Å². The number of carboxylic acid groups (broad SMARTS) is 1. The van der Waals surface area contributed by atoms with Gasteiger partial charge in [-0.15, -0.1) is 5.10 Å². The Morgan fingerprint density at radius 3 is 2.55 bits per heavy atom. The lowest BCUT2D eigenvalue weighted by Crippen LogP contribution is -2.13. The molecule has 0 aliphatic rings. The fourth-order valence-corrected chi connectivity index (χ4v) is 2.09. The number of aromatic nitrogens is 3. The zero-order chi connectivity index (χ0) is 15.0. The average Bonchev–Trinajstić information content (AvgIpc) is 2.40. The highest BCUT2D eigenvalue weighted by molar-refractivity contribution is 5.66. The second-order valence-corrected chi connectivity index (χ2v) is 5.11. The molecule has 0 aliphatic heterocycles. The fourth-order valence-electron chi connectivity index (χ4n) is 2.09. The number of carbonyl (C=O) groups is 1. The van der Waals surface area contributed by atoms with Crippen LogP contribution < -0.4 is 5.32 Å². The number of aliphatic carboxylic acids is 1. The highest BCUT2D eigenvalue weighted by atomic mass is 16.4. The number of rotatable bonds is 9. The number of nitrogens with one attached hydrogen (secondary N) is 1. The summed E-state index contributed by atoms with van der Waals surface area (Å²) in [6, 6.07) is 0. The van der Waals surface area contributed by atoms with Gasteiger partial charge in [-0.1, -0.05) is 19.8 Å². The van der Waals surface area contributed by atoms with Crippen LogP contribution in [0.5, 0.6) is 0 Å². The van der Waals surface area contributed by atoms with Gasteiger partial charge in [-0.05, 0) is 32.6 Å². The Labute approximate surface area is 120 Å². The maximum absolute atomic E-state index is 10.6. The van der Waals surface area contributed by atoms with Crippen molar-refractivity contribution in [3.63, 3.8) is 0 Å². The smallest absolute Gasteiger partial charge is 0.303 e. The van der Waals surface area contributed by atoms with Crippen molar-refractivity contribution in [1.82, 2.24) is 15.2 Å². The van der Waals surface area contributed by atoms with Crippen LogP contribution >= 0.6 is 0 Å². The van der Waals surface area contributed by atoms with Crippen molar-refractivity contribution in [2.24, 2.45) is 5.92 Å². The first-order valence-electron chi connectivity index (χ1n) is 7.16. The van der Waals surface area contributed by atoms with E-state index in [-0.39, 0.29) is 6.42 Å². The summed E-state index contributed by atoms with van der Waals surface area (Å²) in [7, 11) is 0. The molecule has 1 rings (SSSR count). The van der Waals surface area contributed by atoms with Crippen LogP contribution in [0.3, 0.4) is 0 Å². The topological polar surface area (TPSA) is 88.0 Å². The van der Waals surface area contributed by atoms with Crippen LogP contribution in [0.4, 0.5) is 5.95 Å². The summed E-state index contributed by atoms with van der Waals surface area (Å²) in [6.45, 7) is 6.65. The first-order valence-corrected chi connectivity index (χ1v) is 7.16. The number of aryl methyl sites for hydroxylation is 2. The summed E-state index contributed by atoms with van der Waals surface area (Å²) in [4.78, 5) is 14.9. The van der Waals surface area contributed by atoms with Gasteiger partial charge in [0.2, 0.25) is 5.95 Å². The number of anilines is 1. The summed E-state index contributed by atoms with van der Waals surface area (Å²) >= 11 is 0. The third-order valence-corrected chi connectivity index (χ3v) is 3.39. The van der Waals surface area contributed by atoms with E-state index in [0.717, 1.165) is 43.6 Å². The van der Waals surface area contributed by atoms with Crippen LogP contribution in [0.15, 0.2) is 0 Å². The third kappa shape index (κ3) is 5.95. The van der Waals surface area contributed by atoms with E-state index in [2.05, 4.69) is 27.4 Å². The van der Waals surface area contributed by atoms with E-state index >= 15 is 0 Å². The minimum absolute atomic E-state index is 0.242. The molecule has 2 N–H and O–H groups in total. The third-order valence-electron chi connectivity index (χ3n) is 3.39. The van der Waals surface area contributed by atoms with Crippen molar-refractivity contribution in [2.75, 3.05) is 11.9 Å². The summed E-state index contributed by atoms with van der Waals surface area (Å²) in [5, 5.41) is 19.9. The van der Waals surface area contributed by atoms with E-state index in [4.69, 9.17) is 5.11 Å². The number of carboxylic acids is 1. The van der Waals surface area contributed by atoms with Gasteiger partial charge in [-0.25, -0.2) is 4.98 Å². The molecule has 1 heterocycles. The molecule has 0 saturated carbocycles. The second kappa shape index (κ2) is 8.45. The predicted octanol–water partition coefficient (Wildman–Crippen LogP) is 2.57. The van der Waals surface area contributed by atoms with Gasteiger partial charge in [0.05, 0.1) is 11.4 Å². The maximum Gasteiger partial charge on any atom is 0.303 e. The first-order chi connectivity index (χ1) is 9.52. The van der Waals surface area contributed by atoms with Crippen LogP contribution in [-0.2, 0) is 4.79 Å². The summed E-state index contributed by atoms with van der Waals surface area (Å²) < 4.78 is 0. The predicted molar refractivity (Wildman–Crippen MR) is 77.7 cm³/mol. The van der Waals surface area contributed by atoms with Crippen LogP contribution in [-0.4, -0.2) is 32.8 Å². The van der Waals surface area contributed by atoms with Gasteiger partial charge in [0, 0.05) is 13.0 Å². The quantitative estimate of drug-likeness (QED) is 0.722. The number of nitrogens with zero attached hydrogens (tertiary/aromatic N) is 3. The maximum atomic E-state index is 10.6. The highest BCUT2D eigenvalue weighted by Gasteiger charge is 2.10. The van der Waals surface area contributed by atoms with Gasteiger partial charge < -0.3 is 10.4 Å². The number of hydrogen-bond donors (Lipinski definition) is 2. The van der Waals surface area contributed by atoms with E-state index in [0.29, 0.717) is 11.9 Å². The van der Waals surface area contributed by atoms with E-state index in [9.17, 15) is 4.79 Å². The van der Waals surface area contributed by atoms with Crippen LogP contribution in [0.2, 0.25) is 0 Å². The van der Waals surface area contributed by atoms with Gasteiger partial charge in [-0.3, -0.25) is 4.79 Å². The van der Waals surface area contributed by atoms with Crippen molar-refractivity contribution in [3.05, 3.63) is 11.4 Å². The molecule has 0 bridgehead atoms. The minimum atomic E-state index is -0.722. The molecule has 1 atom stereocenters. The molecule has 6 nitrogen and oxygen atoms in total. The Kier molecular flexibility index (Phi) is 6.90. The Morgan fingerprint density at radius 1 is 1.20 bits per heavy atom. The zero-order valence-corrected chi connectivity index (χ0v) is 12.5. The fraction of sp³-hybridized carbons (Fsp3) is 0.714. The van der Waals surface area contributed by atoms with Gasteiger partial charge in [0.15, 0.2) is 0 Å². The molecule has 1 unspecified atom stereocenters. The SMILES string of the molecule is CCCC(CCNc1nnc(C)c(C)n1)CCC(=O)O. The summed E-state index contributed by atoms with van der Waals surface area (Å²) in [5.41, 5.74) is 1.71. The lowest BCUT2D eigenvalue weighted by Gasteiger charge is -2.15. The molecule has 0 aromatic carbocycles. The monoisotopic (exact) mass is 280 g/mol. The minimum Gasteiger partial charge on any atom is -0.481 e. The molecule has 112 valence electrons. The van der Waals surface area contributed by atoms with E-state index in [1.54, 1.807) is 0 Å². The van der Waals surface area contributed by atoms with Crippen molar-refractivity contribution in [3.8, 4) is 0 Å². The van der Waals surface area contributed by atoms with Gasteiger partial charge in [0.1, 0.15) is 0 Å². The molecule has 1 aromatic rings. The van der Waals surface area contributed by atoms with E-state index in [1.807, 2.05) is 13.8 Å². The normalized spacial score (nSPS) is 12.2. The zero-order valence-electron chi connectivity index (χ0n) is 12.5. The molecule has 1 aromatic heterocycles. The van der Waals surface area contributed by atoms with Crippen LogP contribution in [0.1, 0.15) is 50.4 Å². The molecule has 6 heteroatoms. The van der Waals surface area contributed by atoms with Crippen molar-refractivity contribution < 1.29 is 9.90 Å². The van der Waals surface area contributed by atoms with E-state index in [1.165, 1.54) is 0 Å². The summed E-state index contributed by atoms with van der Waals surface area (Å²) in [5.74, 6) is 0.255. The largest absolute Gasteiger partial charge is 0.481 e. The molecule has 20 heavy (non-hydrogen) atoms. The van der Waals surface area contributed by atoms with Crippen LogP contribution in [0.25, 0.3) is 0 Å². The Morgan fingerprint density at radius 2 is 1.95 bits per heavy atom. The molecule has 0 saturated heterocycles. The van der Waals surface area contributed by atoms with Gasteiger partial charge >= 0.3 is 5.97 Å². The molecule has 0 amide bonds. The first kappa shape index (κ1) is 16.3. The van der Waals surface area contributed by atoms with Gasteiger partial charge in [0.25, 0.3) is 0 Å². The summed E-state index contributed by atoms with van der Waals surface area (Å²) in [6.07, 6.45) is 4.04. The molecular formula is C14H24N4O2. The molecule has 0 spiro atoms. The Hall–Kier alpha value is -1.72. The lowest BCUT2D eigenvalue weighted by molar-refractivity contribution is -0.137. The second-order valence-electron chi connectivity index (χ2n) is 5.11. The molecule has 0 fully saturated rings. The van der Waals surface area contributed by atoms with Crippen molar-refractivity contribution in [1.29, 1.82) is 0 Å². The Bertz CT molecular complexity index is 437. The lowest BCUT2D eigenvalue weighted by atomic mass is 9.94. The van der Waals surface area contributed by atoms with Crippen LogP contribution in [0, 0.1) is 19.8 Å². The molecule has 0 radical (unpaired) electrons. The molecular weight excluding hydrogens is 256 g/mol. The standard InChI is InChI=1S/C14H24N4O2/c1-4-5-12(6-7-13(19)20)8-9-15-14-16-10(2)11(3)17-18-14/h12H,4-9H2,1-3H3,(H,19,20)(H,15,16,18). The van der Waals surface area contributed by atoms with Gasteiger partial charge in [-0.2, -0.15) is 5.10 Å². The Balaban J connectivity index is 2.38.